The smallest absolute Gasteiger partial charge is 0.310 e. The van der Waals surface area contributed by atoms with Crippen molar-refractivity contribution in [2.75, 3.05) is 32.6 Å². The number of benzene rings is 2. The number of methoxy groups -OCH3 is 1. The van der Waals surface area contributed by atoms with Gasteiger partial charge in [-0.15, -0.1) is 0 Å². The van der Waals surface area contributed by atoms with Crippen molar-refractivity contribution < 1.29 is 22.7 Å². The lowest BCUT2D eigenvalue weighted by Crippen LogP contribution is -2.27. The molecule has 0 aromatic heterocycles. The topological polar surface area (TPSA) is 81.7 Å². The van der Waals surface area contributed by atoms with Gasteiger partial charge in [-0.3, -0.25) is 4.79 Å². The summed E-state index contributed by atoms with van der Waals surface area (Å²) < 4.78 is 36.2. The highest BCUT2D eigenvalue weighted by molar-refractivity contribution is 7.90. The second kappa shape index (κ2) is 13.5. The highest BCUT2D eigenvalue weighted by Crippen LogP contribution is 2.21. The lowest BCUT2D eigenvalue weighted by atomic mass is 9.93. The van der Waals surface area contributed by atoms with E-state index in [0.29, 0.717) is 18.6 Å². The fourth-order valence-corrected chi connectivity index (χ4v) is 6.16. The molecule has 1 aliphatic heterocycles. The van der Waals surface area contributed by atoms with Gasteiger partial charge in [0.25, 0.3) is 0 Å². The Labute approximate surface area is 204 Å². The van der Waals surface area contributed by atoms with Crippen LogP contribution in [0.1, 0.15) is 43.2 Å². The number of hydrogen-bond acceptors (Lipinski definition) is 6. The zero-order chi connectivity index (χ0) is 24.2. The Morgan fingerprint density at radius 1 is 1.00 bits per heavy atom. The van der Waals surface area contributed by atoms with E-state index in [1.807, 2.05) is 30.3 Å². The van der Waals surface area contributed by atoms with E-state index in [9.17, 15) is 13.2 Å². The molecule has 34 heavy (non-hydrogen) atoms. The Hall–Kier alpha value is -2.38. The summed E-state index contributed by atoms with van der Waals surface area (Å²) in [5.74, 6) is 0.0400. The Kier molecular flexibility index (Phi) is 10.4. The molecule has 1 fully saturated rings. The maximum atomic E-state index is 12.7. The van der Waals surface area contributed by atoms with Crippen LogP contribution in [-0.2, 0) is 31.5 Å². The minimum Gasteiger partial charge on any atom is -0.494 e. The molecule has 0 bridgehead atoms. The van der Waals surface area contributed by atoms with Crippen LogP contribution in [0.25, 0.3) is 0 Å². The average molecular weight is 488 g/mol. The number of rotatable bonds is 13. The number of unbranched alkanes of at least 4 members (excludes halogenated alkanes) is 1. The largest absolute Gasteiger partial charge is 0.494 e. The van der Waals surface area contributed by atoms with Crippen LogP contribution >= 0.6 is 0 Å². The lowest BCUT2D eigenvalue weighted by molar-refractivity contribution is -0.144. The first kappa shape index (κ1) is 26.2. The second-order valence-electron chi connectivity index (χ2n) is 9.15. The van der Waals surface area contributed by atoms with Crippen LogP contribution in [0, 0.1) is 11.8 Å². The highest BCUT2D eigenvalue weighted by atomic mass is 32.2. The summed E-state index contributed by atoms with van der Waals surface area (Å²) in [7, 11) is -2.18. The van der Waals surface area contributed by atoms with Gasteiger partial charge in [0, 0.05) is 0 Å². The first-order chi connectivity index (χ1) is 16.4. The molecule has 7 heteroatoms. The molecule has 1 saturated heterocycles. The van der Waals surface area contributed by atoms with Crippen molar-refractivity contribution in [3.8, 4) is 5.75 Å². The molecule has 1 atom stereocenters. The maximum Gasteiger partial charge on any atom is 0.310 e. The van der Waals surface area contributed by atoms with Crippen LogP contribution in [0.4, 0.5) is 0 Å². The molecule has 1 unspecified atom stereocenters. The average Bonchev–Trinajstić information content (AvgIpc) is 2.84. The SMILES string of the molecule is COC(=O)C(Cc1ccc(OCCCCC2CCNCC2)cc1)CS(=O)(=O)Cc1ccccc1. The van der Waals surface area contributed by atoms with Crippen molar-refractivity contribution in [2.24, 2.45) is 11.8 Å². The molecular formula is C27H37NO5S. The summed E-state index contributed by atoms with van der Waals surface area (Å²) in [5.41, 5.74) is 1.59. The third kappa shape index (κ3) is 9.11. The van der Waals surface area contributed by atoms with Gasteiger partial charge in [0.05, 0.1) is 31.1 Å². The quantitative estimate of drug-likeness (QED) is 0.337. The highest BCUT2D eigenvalue weighted by Gasteiger charge is 2.27. The van der Waals surface area contributed by atoms with Crippen LogP contribution in [0.3, 0.4) is 0 Å². The lowest BCUT2D eigenvalue weighted by Gasteiger charge is -2.22. The number of carbonyl (C=O) groups excluding carboxylic acids is 1. The predicted octanol–water partition coefficient (Wildman–Crippen LogP) is 4.18. The minimum absolute atomic E-state index is 0.0915. The van der Waals surface area contributed by atoms with Crippen molar-refractivity contribution in [2.45, 2.75) is 44.3 Å². The molecular weight excluding hydrogens is 450 g/mol. The molecule has 1 aliphatic rings. The molecule has 0 spiro atoms. The molecule has 1 heterocycles. The van der Waals surface area contributed by atoms with Gasteiger partial charge in [-0.1, -0.05) is 48.9 Å². The second-order valence-corrected chi connectivity index (χ2v) is 11.3. The summed E-state index contributed by atoms with van der Waals surface area (Å²) in [5, 5.41) is 3.40. The molecule has 0 amide bonds. The molecule has 3 rings (SSSR count). The van der Waals surface area contributed by atoms with E-state index in [0.717, 1.165) is 36.7 Å². The number of sulfone groups is 1. The van der Waals surface area contributed by atoms with E-state index in [-0.39, 0.29) is 11.5 Å². The normalized spacial score (nSPS) is 15.6. The van der Waals surface area contributed by atoms with Crippen molar-refractivity contribution in [3.05, 3.63) is 65.7 Å². The number of carbonyl (C=O) groups is 1. The van der Waals surface area contributed by atoms with E-state index >= 15 is 0 Å². The molecule has 1 N–H and O–H groups in total. The van der Waals surface area contributed by atoms with E-state index < -0.39 is 21.7 Å². The van der Waals surface area contributed by atoms with Crippen LogP contribution < -0.4 is 10.1 Å². The van der Waals surface area contributed by atoms with Gasteiger partial charge in [0.2, 0.25) is 0 Å². The summed E-state index contributed by atoms with van der Waals surface area (Å²) in [6, 6.07) is 16.6. The summed E-state index contributed by atoms with van der Waals surface area (Å²) in [6.45, 7) is 2.97. The van der Waals surface area contributed by atoms with Crippen molar-refractivity contribution in [3.63, 3.8) is 0 Å². The minimum atomic E-state index is -3.47. The Balaban J connectivity index is 1.47. The van der Waals surface area contributed by atoms with E-state index in [1.165, 1.54) is 32.8 Å². The third-order valence-corrected chi connectivity index (χ3v) is 8.04. The number of nitrogens with one attached hydrogen (secondary N) is 1. The van der Waals surface area contributed by atoms with Crippen molar-refractivity contribution in [1.29, 1.82) is 0 Å². The Bertz CT molecular complexity index is 970. The summed E-state index contributed by atoms with van der Waals surface area (Å²) in [6.07, 6.45) is 6.35. The molecule has 2 aromatic carbocycles. The summed E-state index contributed by atoms with van der Waals surface area (Å²) >= 11 is 0. The van der Waals surface area contributed by atoms with Crippen molar-refractivity contribution in [1.82, 2.24) is 5.32 Å². The molecule has 0 radical (unpaired) electrons. The molecule has 6 nitrogen and oxygen atoms in total. The van der Waals surface area contributed by atoms with Crippen LogP contribution in [0.5, 0.6) is 5.75 Å². The molecule has 186 valence electrons. The van der Waals surface area contributed by atoms with Gasteiger partial charge < -0.3 is 14.8 Å². The van der Waals surface area contributed by atoms with E-state index in [4.69, 9.17) is 9.47 Å². The monoisotopic (exact) mass is 487 g/mol. The zero-order valence-electron chi connectivity index (χ0n) is 20.1. The molecule has 0 saturated carbocycles. The van der Waals surface area contributed by atoms with E-state index in [1.54, 1.807) is 24.3 Å². The fourth-order valence-electron chi connectivity index (χ4n) is 4.47. The standard InChI is InChI=1S/C27H37NO5S/c1-32-27(29)25(21-34(30,31)20-24-8-3-2-4-9-24)19-23-10-12-26(13-11-23)33-18-6-5-7-22-14-16-28-17-15-22/h2-4,8-13,22,25,28H,5-7,14-21H2,1H3. The summed E-state index contributed by atoms with van der Waals surface area (Å²) in [4.78, 5) is 12.3. The van der Waals surface area contributed by atoms with Gasteiger partial charge in [0.15, 0.2) is 9.84 Å². The first-order valence-electron chi connectivity index (χ1n) is 12.2. The first-order valence-corrected chi connectivity index (χ1v) is 14.0. The number of piperidine rings is 1. The van der Waals surface area contributed by atoms with Gasteiger partial charge >= 0.3 is 5.97 Å². The van der Waals surface area contributed by atoms with Crippen LogP contribution in [-0.4, -0.2) is 46.9 Å². The Morgan fingerprint density at radius 3 is 2.38 bits per heavy atom. The van der Waals surface area contributed by atoms with Gasteiger partial charge in [0.1, 0.15) is 5.75 Å². The number of ether oxygens (including phenoxy) is 2. The van der Waals surface area contributed by atoms with Gasteiger partial charge in [-0.25, -0.2) is 8.42 Å². The van der Waals surface area contributed by atoms with Gasteiger partial charge in [-0.05, 0) is 74.4 Å². The van der Waals surface area contributed by atoms with Crippen molar-refractivity contribution >= 4 is 15.8 Å². The molecule has 2 aromatic rings. The Morgan fingerprint density at radius 2 is 1.71 bits per heavy atom. The van der Waals surface area contributed by atoms with E-state index in [2.05, 4.69) is 5.32 Å². The number of hydrogen-bond donors (Lipinski definition) is 1. The van der Waals surface area contributed by atoms with Gasteiger partial charge in [-0.2, -0.15) is 0 Å². The predicted molar refractivity (Wildman–Crippen MR) is 135 cm³/mol. The number of esters is 1. The van der Waals surface area contributed by atoms with Crippen LogP contribution in [0.2, 0.25) is 0 Å². The van der Waals surface area contributed by atoms with Crippen LogP contribution in [0.15, 0.2) is 54.6 Å². The maximum absolute atomic E-state index is 12.7. The fraction of sp³-hybridized carbons (Fsp3) is 0.519. The third-order valence-electron chi connectivity index (χ3n) is 6.36. The molecule has 0 aliphatic carbocycles. The zero-order valence-corrected chi connectivity index (χ0v) is 20.9.